The molecular weight excluding hydrogens is 422 g/mol. The molecule has 2 aromatic heterocycles. The van der Waals surface area contributed by atoms with E-state index in [4.69, 9.17) is 5.73 Å². The minimum absolute atomic E-state index is 0.332. The number of nitrogens with one attached hydrogen (secondary N) is 2. The molecular formula is C24H19N5O2S. The van der Waals surface area contributed by atoms with Crippen LogP contribution in [-0.4, -0.2) is 33.1 Å². The van der Waals surface area contributed by atoms with Gasteiger partial charge >= 0.3 is 0 Å². The molecule has 0 fully saturated rings. The average Bonchev–Trinajstić information content (AvgIpc) is 3.45. The summed E-state index contributed by atoms with van der Waals surface area (Å²) in [5.41, 5.74) is 10.7. The van der Waals surface area contributed by atoms with Crippen LogP contribution in [0.1, 0.15) is 17.5 Å². The largest absolute Gasteiger partial charge is 0.398 e. The van der Waals surface area contributed by atoms with E-state index < -0.39 is 11.8 Å². The molecule has 5 rings (SSSR count). The van der Waals surface area contributed by atoms with E-state index in [1.54, 1.807) is 12.3 Å². The van der Waals surface area contributed by atoms with Gasteiger partial charge in [0.2, 0.25) is 0 Å². The number of nitrogen functional groups attached to an aromatic ring is 1. The zero-order valence-electron chi connectivity index (χ0n) is 17.0. The fourth-order valence-corrected chi connectivity index (χ4v) is 4.46. The van der Waals surface area contributed by atoms with Crippen LogP contribution in [0.5, 0.6) is 0 Å². The van der Waals surface area contributed by atoms with Crippen molar-refractivity contribution in [2.24, 2.45) is 4.99 Å². The first-order valence-corrected chi connectivity index (χ1v) is 10.6. The second-order valence-corrected chi connectivity index (χ2v) is 7.77. The Morgan fingerprint density at radius 3 is 2.62 bits per heavy atom. The number of fused-ring (bicyclic) bond motifs is 2. The summed E-state index contributed by atoms with van der Waals surface area (Å²) in [7, 11) is 0. The Morgan fingerprint density at radius 1 is 1.03 bits per heavy atom. The molecule has 0 saturated heterocycles. The van der Waals surface area contributed by atoms with Crippen molar-refractivity contribution in [2.45, 2.75) is 13.0 Å². The fraction of sp³-hybridized carbons (Fsp3) is 0.125. The van der Waals surface area contributed by atoms with Crippen molar-refractivity contribution in [3.05, 3.63) is 66.0 Å². The molecule has 0 bridgehead atoms. The van der Waals surface area contributed by atoms with Crippen LogP contribution in [0.4, 0.5) is 5.69 Å². The zero-order valence-corrected chi connectivity index (χ0v) is 17.8. The van der Waals surface area contributed by atoms with E-state index in [-0.39, 0.29) is 0 Å². The van der Waals surface area contributed by atoms with E-state index >= 15 is 0 Å². The molecule has 2 aromatic carbocycles. The van der Waals surface area contributed by atoms with E-state index in [1.807, 2.05) is 47.2 Å². The van der Waals surface area contributed by atoms with Gasteiger partial charge in [0, 0.05) is 52.0 Å². The molecule has 158 valence electrons. The van der Waals surface area contributed by atoms with Crippen molar-refractivity contribution in [1.29, 1.82) is 0 Å². The highest BCUT2D eigenvalue weighted by molar-refractivity contribution is 7.78. The molecule has 1 aliphatic heterocycles. The van der Waals surface area contributed by atoms with Crippen molar-refractivity contribution < 1.29 is 9.59 Å². The highest BCUT2D eigenvalue weighted by Crippen LogP contribution is 2.39. The Labute approximate surface area is 188 Å². The smallest absolute Gasteiger partial charge is 0.259 e. The molecule has 0 spiro atoms. The van der Waals surface area contributed by atoms with Gasteiger partial charge in [0.1, 0.15) is 0 Å². The molecule has 0 unspecified atom stereocenters. The van der Waals surface area contributed by atoms with Crippen LogP contribution in [0.3, 0.4) is 0 Å². The number of carbonyl (C=O) groups excluding carboxylic acids is 2. The number of carbonyl (C=O) groups is 2. The number of imide groups is 1. The van der Waals surface area contributed by atoms with Gasteiger partial charge in [-0.2, -0.15) is 0 Å². The molecule has 4 aromatic rings. The van der Waals surface area contributed by atoms with Gasteiger partial charge in [0.15, 0.2) is 0 Å². The molecule has 0 radical (unpaired) electrons. The van der Waals surface area contributed by atoms with Gasteiger partial charge in [-0.3, -0.25) is 14.9 Å². The van der Waals surface area contributed by atoms with Crippen molar-refractivity contribution in [3.8, 4) is 0 Å². The highest BCUT2D eigenvalue weighted by Gasteiger charge is 2.35. The summed E-state index contributed by atoms with van der Waals surface area (Å²) in [6, 6.07) is 13.3. The average molecular weight is 442 g/mol. The van der Waals surface area contributed by atoms with E-state index in [0.717, 1.165) is 28.2 Å². The Bertz CT molecular complexity index is 1490. The van der Waals surface area contributed by atoms with Gasteiger partial charge in [-0.05, 0) is 36.8 Å². The number of H-pyrrole nitrogens is 1. The number of para-hydroxylation sites is 1. The summed E-state index contributed by atoms with van der Waals surface area (Å²) >= 11 is 4.64. The lowest BCUT2D eigenvalue weighted by Gasteiger charge is -2.05. The normalized spacial score (nSPS) is 13.8. The number of thiocarbonyl (C=S) groups is 1. The van der Waals surface area contributed by atoms with Crippen molar-refractivity contribution in [3.63, 3.8) is 0 Å². The molecule has 3 heterocycles. The second-order valence-electron chi connectivity index (χ2n) is 7.59. The van der Waals surface area contributed by atoms with Gasteiger partial charge in [-0.15, -0.1) is 0 Å². The monoisotopic (exact) mass is 441 g/mol. The molecule has 32 heavy (non-hydrogen) atoms. The predicted octanol–water partition coefficient (Wildman–Crippen LogP) is 3.76. The van der Waals surface area contributed by atoms with Gasteiger partial charge in [-0.1, -0.05) is 24.3 Å². The van der Waals surface area contributed by atoms with Gasteiger partial charge in [0.25, 0.3) is 11.8 Å². The molecule has 7 nitrogen and oxygen atoms in total. The first-order valence-electron chi connectivity index (χ1n) is 10.2. The summed E-state index contributed by atoms with van der Waals surface area (Å²) in [4.78, 5) is 33.1. The van der Waals surface area contributed by atoms with Crippen molar-refractivity contribution in [2.75, 3.05) is 12.3 Å². The minimum Gasteiger partial charge on any atom is -0.398 e. The Kier molecular flexibility index (Phi) is 4.93. The standard InChI is InChI=1S/C24H19N5O2S/c25-17-6-3-8-19-20(17)16(12-29(19)10-4-9-26-13-32)22-21(23(30)28-24(22)31)15-11-27-18-7-2-1-5-14(15)18/h1-3,5-8,11-12,27H,4,9-10,25H2,(H,28,30,31). The number of anilines is 1. The van der Waals surface area contributed by atoms with E-state index in [9.17, 15) is 9.59 Å². The number of rotatable bonds is 6. The fourth-order valence-electron chi connectivity index (χ4n) is 4.37. The van der Waals surface area contributed by atoms with E-state index in [0.29, 0.717) is 41.1 Å². The number of nitrogens with zero attached hydrogens (tertiary/aromatic N) is 2. The maximum atomic E-state index is 13.0. The number of amides is 2. The third-order valence-corrected chi connectivity index (χ3v) is 5.86. The van der Waals surface area contributed by atoms with Crippen LogP contribution in [0, 0.1) is 0 Å². The second kappa shape index (κ2) is 7.92. The summed E-state index contributed by atoms with van der Waals surface area (Å²) in [5.74, 6) is -0.844. The summed E-state index contributed by atoms with van der Waals surface area (Å²) in [5, 5.41) is 6.47. The van der Waals surface area contributed by atoms with Crippen LogP contribution < -0.4 is 11.1 Å². The van der Waals surface area contributed by atoms with Crippen LogP contribution in [0.25, 0.3) is 33.0 Å². The number of aromatic amines is 1. The predicted molar refractivity (Wildman–Crippen MR) is 129 cm³/mol. The number of hydrogen-bond acceptors (Lipinski definition) is 5. The summed E-state index contributed by atoms with van der Waals surface area (Å²) in [6.45, 7) is 1.22. The number of aromatic nitrogens is 2. The number of nitrogens with two attached hydrogens (primary N) is 1. The highest BCUT2D eigenvalue weighted by atomic mass is 32.1. The van der Waals surface area contributed by atoms with Crippen molar-refractivity contribution >= 4 is 67.8 Å². The Morgan fingerprint density at radius 2 is 1.81 bits per heavy atom. The molecule has 1 aliphatic rings. The van der Waals surface area contributed by atoms with Crippen LogP contribution in [-0.2, 0) is 16.1 Å². The number of benzene rings is 2. The topological polar surface area (TPSA) is 105 Å². The lowest BCUT2D eigenvalue weighted by Crippen LogP contribution is -2.22. The number of aliphatic imine (C=N–C) groups is 1. The summed E-state index contributed by atoms with van der Waals surface area (Å²) < 4.78 is 2.04. The quantitative estimate of drug-likeness (QED) is 0.139. The lowest BCUT2D eigenvalue weighted by atomic mass is 9.95. The molecule has 0 aliphatic carbocycles. The Hall–Kier alpha value is -4.00. The SMILES string of the molecule is Nc1cccc2c1c(C1=C(c3c[nH]c4ccccc34)C(=O)NC1=O)cn2CCCN=C=S. The molecule has 4 N–H and O–H groups in total. The zero-order chi connectivity index (χ0) is 22.2. The third-order valence-electron chi connectivity index (χ3n) is 5.73. The van der Waals surface area contributed by atoms with E-state index in [1.165, 1.54) is 0 Å². The molecule has 2 amide bonds. The van der Waals surface area contributed by atoms with Gasteiger partial charge in [0.05, 0.1) is 28.4 Å². The van der Waals surface area contributed by atoms with Crippen molar-refractivity contribution in [1.82, 2.24) is 14.9 Å². The van der Waals surface area contributed by atoms with Gasteiger partial charge in [-0.25, -0.2) is 4.99 Å². The maximum Gasteiger partial charge on any atom is 0.259 e. The molecule has 0 atom stereocenters. The van der Waals surface area contributed by atoms with E-state index in [2.05, 4.69) is 32.7 Å². The first-order chi connectivity index (χ1) is 15.6. The molecule has 8 heteroatoms. The van der Waals surface area contributed by atoms with Gasteiger partial charge < -0.3 is 15.3 Å². The van der Waals surface area contributed by atoms with Crippen LogP contribution >= 0.6 is 12.2 Å². The first kappa shape index (κ1) is 19.9. The van der Waals surface area contributed by atoms with Crippen LogP contribution in [0.15, 0.2) is 59.9 Å². The lowest BCUT2D eigenvalue weighted by molar-refractivity contribution is -0.122. The van der Waals surface area contributed by atoms with Crippen LogP contribution in [0.2, 0.25) is 0 Å². The minimum atomic E-state index is -0.428. The summed E-state index contributed by atoms with van der Waals surface area (Å²) in [6.07, 6.45) is 4.41. The third kappa shape index (κ3) is 3.13. The maximum absolute atomic E-state index is 13.0. The number of aryl methyl sites for hydroxylation is 1. The number of hydrogen-bond donors (Lipinski definition) is 3. The number of isothiocyanates is 1. The molecule has 0 saturated carbocycles. The Balaban J connectivity index is 1.74.